The molecule has 0 bridgehead atoms. The molecule has 1 amide bonds. The first-order chi connectivity index (χ1) is 20.5. The summed E-state index contributed by atoms with van der Waals surface area (Å²) in [5, 5.41) is 10.7. The van der Waals surface area contributed by atoms with Gasteiger partial charge < -0.3 is 14.5 Å². The van der Waals surface area contributed by atoms with Crippen LogP contribution in [0.25, 0.3) is 10.9 Å². The number of benzene rings is 3. The fourth-order valence-corrected chi connectivity index (χ4v) is 5.89. The van der Waals surface area contributed by atoms with Gasteiger partial charge in [-0.25, -0.2) is 4.79 Å². The standard InChI is InChI=1S/C32H31Cl2N5O3/c1-2-3-24(14-19-39-35-16-17-36-39)41-25-9-4-21(5-10-25)31-30-27(28-20-23(34)8-13-29(28)37-30)15-18-38(31)32(40)42-26-11-6-22(33)7-12-26/h4-13,16-17,20,24,31,37H,2-3,14-15,18-19H2,1H3. The Morgan fingerprint density at radius 1 is 0.976 bits per heavy atom. The Kier molecular flexibility index (Phi) is 8.35. The number of H-pyrrole nitrogens is 1. The van der Waals surface area contributed by atoms with E-state index in [0.717, 1.165) is 52.7 Å². The van der Waals surface area contributed by atoms with Crippen molar-refractivity contribution in [2.24, 2.45) is 0 Å². The Labute approximate surface area is 254 Å². The predicted octanol–water partition coefficient (Wildman–Crippen LogP) is 7.85. The van der Waals surface area contributed by atoms with Crippen LogP contribution in [-0.2, 0) is 13.0 Å². The Balaban J connectivity index is 1.28. The molecule has 2 atom stereocenters. The number of rotatable bonds is 9. The zero-order chi connectivity index (χ0) is 29.1. The summed E-state index contributed by atoms with van der Waals surface area (Å²) in [7, 11) is 0. The molecule has 8 nitrogen and oxygen atoms in total. The molecule has 6 rings (SSSR count). The molecule has 0 saturated carbocycles. The summed E-state index contributed by atoms with van der Waals surface area (Å²) in [6.07, 6.45) is 6.39. The molecule has 0 fully saturated rings. The van der Waals surface area contributed by atoms with E-state index in [2.05, 4.69) is 22.1 Å². The van der Waals surface area contributed by atoms with Crippen LogP contribution in [0.15, 0.2) is 79.1 Å². The molecule has 2 aromatic heterocycles. The fraction of sp³-hybridized carbons (Fsp3) is 0.281. The molecule has 1 aliphatic rings. The van der Waals surface area contributed by atoms with Gasteiger partial charge in [-0.2, -0.15) is 15.0 Å². The number of aromatic nitrogens is 4. The van der Waals surface area contributed by atoms with Crippen LogP contribution in [0.1, 0.15) is 49.0 Å². The summed E-state index contributed by atoms with van der Waals surface area (Å²) < 4.78 is 12.2. The quantitative estimate of drug-likeness (QED) is 0.185. The zero-order valence-electron chi connectivity index (χ0n) is 23.2. The molecule has 1 aliphatic heterocycles. The van der Waals surface area contributed by atoms with Crippen LogP contribution in [-0.4, -0.2) is 43.6 Å². The molecule has 2 unspecified atom stereocenters. The smallest absolute Gasteiger partial charge is 0.416 e. The highest BCUT2D eigenvalue weighted by Gasteiger charge is 2.36. The van der Waals surface area contributed by atoms with Crippen molar-refractivity contribution in [3.63, 3.8) is 0 Å². The lowest BCUT2D eigenvalue weighted by Crippen LogP contribution is -2.42. The van der Waals surface area contributed by atoms with Gasteiger partial charge in [-0.3, -0.25) is 4.90 Å². The van der Waals surface area contributed by atoms with Gasteiger partial charge in [0.05, 0.1) is 18.9 Å². The van der Waals surface area contributed by atoms with Crippen molar-refractivity contribution in [2.75, 3.05) is 6.54 Å². The van der Waals surface area contributed by atoms with E-state index in [-0.39, 0.29) is 12.1 Å². The minimum atomic E-state index is -0.430. The van der Waals surface area contributed by atoms with Gasteiger partial charge in [0.25, 0.3) is 0 Å². The lowest BCUT2D eigenvalue weighted by Gasteiger charge is -2.35. The normalized spacial score (nSPS) is 15.4. The van der Waals surface area contributed by atoms with Crippen LogP contribution in [0.3, 0.4) is 0 Å². The second kappa shape index (κ2) is 12.5. The number of aryl methyl sites for hydroxylation is 1. The molecular formula is C32H31Cl2N5O3. The lowest BCUT2D eigenvalue weighted by atomic mass is 9.92. The monoisotopic (exact) mass is 603 g/mol. The molecule has 0 radical (unpaired) electrons. The minimum absolute atomic E-state index is 0.0393. The molecule has 5 aromatic rings. The average Bonchev–Trinajstić information content (AvgIpc) is 3.65. The number of ether oxygens (including phenoxy) is 2. The van der Waals surface area contributed by atoms with Crippen molar-refractivity contribution in [1.29, 1.82) is 0 Å². The average molecular weight is 605 g/mol. The van der Waals surface area contributed by atoms with Gasteiger partial charge in [0.15, 0.2) is 0 Å². The number of nitrogens with one attached hydrogen (secondary N) is 1. The van der Waals surface area contributed by atoms with Crippen molar-refractivity contribution >= 4 is 40.2 Å². The van der Waals surface area contributed by atoms with Crippen molar-refractivity contribution in [3.05, 3.63) is 106 Å². The van der Waals surface area contributed by atoms with Crippen molar-refractivity contribution in [2.45, 2.75) is 51.3 Å². The highest BCUT2D eigenvalue weighted by Crippen LogP contribution is 2.40. The molecular weight excluding hydrogens is 573 g/mol. The number of carbonyl (C=O) groups excluding carboxylic acids is 1. The summed E-state index contributed by atoms with van der Waals surface area (Å²) in [6.45, 7) is 3.33. The number of fused-ring (bicyclic) bond motifs is 3. The van der Waals surface area contributed by atoms with Crippen LogP contribution in [0.5, 0.6) is 11.5 Å². The summed E-state index contributed by atoms with van der Waals surface area (Å²) in [5.41, 5.74) is 4.04. The van der Waals surface area contributed by atoms with E-state index in [4.69, 9.17) is 32.7 Å². The largest absolute Gasteiger partial charge is 0.490 e. The molecule has 1 N–H and O–H groups in total. The second-order valence-electron chi connectivity index (χ2n) is 10.4. The Morgan fingerprint density at radius 3 is 2.43 bits per heavy atom. The first kappa shape index (κ1) is 28.1. The van der Waals surface area contributed by atoms with Gasteiger partial charge in [0.1, 0.15) is 23.6 Å². The van der Waals surface area contributed by atoms with Crippen molar-refractivity contribution in [1.82, 2.24) is 24.9 Å². The number of halogens is 2. The summed E-state index contributed by atoms with van der Waals surface area (Å²) in [6, 6.07) is 20.2. The van der Waals surface area contributed by atoms with E-state index < -0.39 is 6.09 Å². The van der Waals surface area contributed by atoms with Gasteiger partial charge in [0.2, 0.25) is 0 Å². The van der Waals surface area contributed by atoms with Gasteiger partial charge >= 0.3 is 6.09 Å². The third-order valence-electron chi connectivity index (χ3n) is 7.57. The molecule has 3 heterocycles. The molecule has 42 heavy (non-hydrogen) atoms. The van der Waals surface area contributed by atoms with Crippen LogP contribution in [0.2, 0.25) is 10.0 Å². The molecule has 0 saturated heterocycles. The van der Waals surface area contributed by atoms with Crippen LogP contribution < -0.4 is 9.47 Å². The van der Waals surface area contributed by atoms with E-state index in [9.17, 15) is 4.79 Å². The second-order valence-corrected chi connectivity index (χ2v) is 11.3. The number of hydrogen-bond donors (Lipinski definition) is 1. The fourth-order valence-electron chi connectivity index (χ4n) is 5.59. The maximum atomic E-state index is 13.6. The number of hydrogen-bond acceptors (Lipinski definition) is 5. The molecule has 10 heteroatoms. The third kappa shape index (κ3) is 6.10. The first-order valence-electron chi connectivity index (χ1n) is 14.1. The molecule has 216 valence electrons. The van der Waals surface area contributed by atoms with E-state index >= 15 is 0 Å². The van der Waals surface area contributed by atoms with Gasteiger partial charge in [-0.05, 0) is 78.6 Å². The minimum Gasteiger partial charge on any atom is -0.490 e. The summed E-state index contributed by atoms with van der Waals surface area (Å²) in [4.78, 5) is 20.6. The number of carbonyl (C=O) groups is 1. The van der Waals surface area contributed by atoms with E-state index in [1.165, 1.54) is 0 Å². The van der Waals surface area contributed by atoms with Gasteiger partial charge in [-0.1, -0.05) is 48.7 Å². The number of amides is 1. The maximum absolute atomic E-state index is 13.6. The van der Waals surface area contributed by atoms with E-state index in [1.807, 2.05) is 42.5 Å². The van der Waals surface area contributed by atoms with E-state index in [1.54, 1.807) is 46.4 Å². The SMILES string of the molecule is CCCC(CCn1nccn1)Oc1ccc(C2c3[nH]c4ccc(Cl)cc4c3CCN2C(=O)Oc2ccc(Cl)cc2)cc1. The van der Waals surface area contributed by atoms with Gasteiger partial charge in [0, 0.05) is 39.6 Å². The Hall–Kier alpha value is -4.01. The number of aromatic amines is 1. The number of nitrogens with zero attached hydrogens (tertiary/aromatic N) is 4. The Morgan fingerprint density at radius 2 is 1.69 bits per heavy atom. The van der Waals surface area contributed by atoms with Crippen molar-refractivity contribution < 1.29 is 14.3 Å². The lowest BCUT2D eigenvalue weighted by molar-refractivity contribution is 0.135. The third-order valence-corrected chi connectivity index (χ3v) is 8.06. The maximum Gasteiger partial charge on any atom is 0.416 e. The van der Waals surface area contributed by atoms with Gasteiger partial charge in [-0.15, -0.1) is 0 Å². The summed E-state index contributed by atoms with van der Waals surface area (Å²) >= 11 is 12.4. The molecule has 3 aromatic carbocycles. The Bertz CT molecular complexity index is 1650. The zero-order valence-corrected chi connectivity index (χ0v) is 24.7. The topological polar surface area (TPSA) is 85.3 Å². The highest BCUT2D eigenvalue weighted by molar-refractivity contribution is 6.31. The van der Waals surface area contributed by atoms with Crippen LogP contribution >= 0.6 is 23.2 Å². The van der Waals surface area contributed by atoms with Crippen LogP contribution in [0, 0.1) is 0 Å². The van der Waals surface area contributed by atoms with Crippen molar-refractivity contribution in [3.8, 4) is 11.5 Å². The van der Waals surface area contributed by atoms with Crippen LogP contribution in [0.4, 0.5) is 4.79 Å². The molecule has 0 aliphatic carbocycles. The molecule has 0 spiro atoms. The summed E-state index contributed by atoms with van der Waals surface area (Å²) in [5.74, 6) is 1.22. The first-order valence-corrected chi connectivity index (χ1v) is 14.9. The predicted molar refractivity (Wildman–Crippen MR) is 163 cm³/mol. The van der Waals surface area contributed by atoms with E-state index in [0.29, 0.717) is 35.3 Å². The highest BCUT2D eigenvalue weighted by atomic mass is 35.5.